The number of nitrogens with one attached hydrogen (secondary N) is 3. The Kier molecular flexibility index (Phi) is 6.78. The number of piperidine rings is 1. The molecule has 0 atom stereocenters. The molecule has 1 aromatic heterocycles. The lowest BCUT2D eigenvalue weighted by Gasteiger charge is -2.32. The molecule has 0 spiro atoms. The average molecular weight is 526 g/mol. The van der Waals surface area contributed by atoms with E-state index in [1.54, 1.807) is 36.2 Å². The molecule has 1 aliphatic carbocycles. The molecule has 2 aromatic rings. The molecule has 0 radical (unpaired) electrons. The number of amides is 2. The van der Waals surface area contributed by atoms with Crippen molar-refractivity contribution in [2.45, 2.75) is 49.4 Å². The van der Waals surface area contributed by atoms with Gasteiger partial charge in [0, 0.05) is 38.3 Å². The van der Waals surface area contributed by atoms with Crippen molar-refractivity contribution in [3.05, 3.63) is 52.3 Å². The van der Waals surface area contributed by atoms with Crippen molar-refractivity contribution < 1.29 is 18.0 Å². The lowest BCUT2D eigenvalue weighted by Crippen LogP contribution is -2.52. The summed E-state index contributed by atoms with van der Waals surface area (Å²) in [5.74, 6) is -0.680. The first-order chi connectivity index (χ1) is 17.7. The van der Waals surface area contributed by atoms with Gasteiger partial charge in [-0.15, -0.1) is 0 Å². The van der Waals surface area contributed by atoms with E-state index in [4.69, 9.17) is 5.26 Å². The van der Waals surface area contributed by atoms with E-state index >= 15 is 0 Å². The van der Waals surface area contributed by atoms with Gasteiger partial charge in [-0.05, 0) is 62.9 Å². The molecule has 3 N–H and O–H groups in total. The van der Waals surface area contributed by atoms with Crippen molar-refractivity contribution >= 4 is 21.8 Å². The highest BCUT2D eigenvalue weighted by Crippen LogP contribution is 2.44. The minimum Gasteiger partial charge on any atom is -0.347 e. The number of nitrogens with zero attached hydrogens (tertiary/aromatic N) is 4. The molecule has 37 heavy (non-hydrogen) atoms. The van der Waals surface area contributed by atoms with Gasteiger partial charge in [-0.25, -0.2) is 13.1 Å². The number of hydrogen-bond donors (Lipinski definition) is 3. The van der Waals surface area contributed by atoms with Crippen LogP contribution in [0.3, 0.4) is 0 Å². The lowest BCUT2D eigenvalue weighted by atomic mass is 10.0. The van der Waals surface area contributed by atoms with Crippen LogP contribution in [0, 0.1) is 11.3 Å². The van der Waals surface area contributed by atoms with Crippen LogP contribution in [0.25, 0.3) is 0 Å². The summed E-state index contributed by atoms with van der Waals surface area (Å²) in [6, 6.07) is 8.91. The fourth-order valence-electron chi connectivity index (χ4n) is 5.15. The maximum absolute atomic E-state index is 13.4. The second-order valence-electron chi connectivity index (χ2n) is 10.1. The topological polar surface area (TPSA) is 149 Å². The van der Waals surface area contributed by atoms with E-state index in [2.05, 4.69) is 26.5 Å². The number of hydrogen-bond acceptors (Lipinski definition) is 7. The van der Waals surface area contributed by atoms with Gasteiger partial charge >= 0.3 is 0 Å². The normalized spacial score (nSPS) is 19.2. The Balaban J connectivity index is 1.26. The first kappa shape index (κ1) is 25.4. The van der Waals surface area contributed by atoms with Crippen molar-refractivity contribution in [3.63, 3.8) is 0 Å². The van der Waals surface area contributed by atoms with Gasteiger partial charge in [-0.1, -0.05) is 12.1 Å². The summed E-state index contributed by atoms with van der Waals surface area (Å²) in [7, 11) is -1.96. The summed E-state index contributed by atoms with van der Waals surface area (Å²) in [5.41, 5.74) is 2.50. The fraction of sp³-hybridized carbons (Fsp3) is 0.520. The van der Waals surface area contributed by atoms with Gasteiger partial charge < -0.3 is 15.5 Å². The molecular formula is C25H31N7O4S. The molecular weight excluding hydrogens is 494 g/mol. The molecule has 1 saturated carbocycles. The van der Waals surface area contributed by atoms with Gasteiger partial charge in [0.05, 0.1) is 11.6 Å². The predicted molar refractivity (Wildman–Crippen MR) is 135 cm³/mol. The molecule has 3 heterocycles. The Morgan fingerprint density at radius 1 is 1.24 bits per heavy atom. The van der Waals surface area contributed by atoms with Crippen molar-refractivity contribution in [2.24, 2.45) is 7.05 Å². The lowest BCUT2D eigenvalue weighted by molar-refractivity contribution is 0.0724. The highest BCUT2D eigenvalue weighted by atomic mass is 32.2. The van der Waals surface area contributed by atoms with Crippen LogP contribution in [0.1, 0.15) is 63.4 Å². The zero-order chi connectivity index (χ0) is 26.2. The third kappa shape index (κ3) is 4.99. The number of carbonyl (C=O) groups is 2. The zero-order valence-electron chi connectivity index (χ0n) is 20.8. The fourth-order valence-corrected chi connectivity index (χ4v) is 7.04. The van der Waals surface area contributed by atoms with Gasteiger partial charge in [-0.3, -0.25) is 14.3 Å². The van der Waals surface area contributed by atoms with Crippen LogP contribution >= 0.6 is 0 Å². The number of fused-ring (bicyclic) bond motifs is 1. The molecule has 11 nitrogen and oxygen atoms in total. The summed E-state index contributed by atoms with van der Waals surface area (Å²) >= 11 is 0. The predicted octanol–water partition coefficient (Wildman–Crippen LogP) is 0.424. The van der Waals surface area contributed by atoms with Gasteiger partial charge in [0.2, 0.25) is 10.0 Å². The molecule has 0 bridgehead atoms. The van der Waals surface area contributed by atoms with E-state index in [-0.39, 0.29) is 36.6 Å². The quantitative estimate of drug-likeness (QED) is 0.452. The van der Waals surface area contributed by atoms with Crippen molar-refractivity contribution in [1.82, 2.24) is 30.0 Å². The van der Waals surface area contributed by atoms with E-state index in [1.807, 2.05) is 0 Å². The summed E-state index contributed by atoms with van der Waals surface area (Å²) in [6.45, 7) is 2.31. The minimum absolute atomic E-state index is 0.0742. The molecule has 196 valence electrons. The Morgan fingerprint density at radius 3 is 2.59 bits per heavy atom. The summed E-state index contributed by atoms with van der Waals surface area (Å²) < 4.78 is 29.8. The molecule has 2 aliphatic heterocycles. The summed E-state index contributed by atoms with van der Waals surface area (Å²) in [4.78, 5) is 27.9. The molecule has 0 unspecified atom stereocenters. The highest BCUT2D eigenvalue weighted by molar-refractivity contribution is 7.91. The molecule has 5 rings (SSSR count). The maximum atomic E-state index is 13.4. The smallest absolute Gasteiger partial charge is 0.272 e. The first-order valence-corrected chi connectivity index (χ1v) is 14.1. The van der Waals surface area contributed by atoms with Gasteiger partial charge in [0.25, 0.3) is 11.8 Å². The molecule has 3 aliphatic rings. The van der Waals surface area contributed by atoms with Crippen molar-refractivity contribution in [2.75, 3.05) is 26.2 Å². The van der Waals surface area contributed by atoms with Gasteiger partial charge in [0.15, 0.2) is 5.69 Å². The second kappa shape index (κ2) is 9.89. The van der Waals surface area contributed by atoms with E-state index in [1.165, 1.54) is 4.68 Å². The van der Waals surface area contributed by atoms with E-state index in [0.29, 0.717) is 42.6 Å². The molecule has 2 fully saturated rings. The van der Waals surface area contributed by atoms with Crippen LogP contribution in [0.5, 0.6) is 0 Å². The summed E-state index contributed by atoms with van der Waals surface area (Å²) in [6.07, 6.45) is 2.99. The Hall–Kier alpha value is -3.27. The standard InChI is InChI=1S/C25H31N7O4S/c1-31-22-20(21(29-31)23(33)28-15-18-4-2-17(14-26)3-5-18)8-13-32(24(22)34)16-25(9-10-25)37(35,36)30-19-6-11-27-12-7-19/h2-5,19,27,30H,6-13,15-16H2,1H3,(H,28,33). The number of sulfonamides is 1. The first-order valence-electron chi connectivity index (χ1n) is 12.6. The van der Waals surface area contributed by atoms with E-state index in [0.717, 1.165) is 31.5 Å². The second-order valence-corrected chi connectivity index (χ2v) is 12.2. The highest BCUT2D eigenvalue weighted by Gasteiger charge is 2.56. The largest absolute Gasteiger partial charge is 0.347 e. The van der Waals surface area contributed by atoms with E-state index in [9.17, 15) is 18.0 Å². The van der Waals surface area contributed by atoms with Crippen LogP contribution in [0.2, 0.25) is 0 Å². The SMILES string of the molecule is Cn1nc(C(=O)NCc2ccc(C#N)cc2)c2c1C(=O)N(CC1(S(=O)(=O)NC3CCNCC3)CC1)CC2. The Labute approximate surface area is 216 Å². The monoisotopic (exact) mass is 525 g/mol. The molecule has 2 amide bonds. The number of nitriles is 1. The van der Waals surface area contributed by atoms with Crippen LogP contribution in [-0.2, 0) is 30.0 Å². The average Bonchev–Trinajstić information content (AvgIpc) is 3.61. The number of aryl methyl sites for hydroxylation is 1. The van der Waals surface area contributed by atoms with Crippen LogP contribution in [0.15, 0.2) is 24.3 Å². The minimum atomic E-state index is -3.58. The Bertz CT molecular complexity index is 1350. The number of rotatable bonds is 8. The molecule has 1 saturated heterocycles. The third-order valence-electron chi connectivity index (χ3n) is 7.54. The van der Waals surface area contributed by atoms with Gasteiger partial charge in [0.1, 0.15) is 10.4 Å². The van der Waals surface area contributed by atoms with Crippen LogP contribution < -0.4 is 15.4 Å². The number of benzene rings is 1. The number of aromatic nitrogens is 2. The third-order valence-corrected chi connectivity index (χ3v) is 9.86. The van der Waals surface area contributed by atoms with Crippen LogP contribution in [-0.4, -0.2) is 71.9 Å². The maximum Gasteiger partial charge on any atom is 0.272 e. The van der Waals surface area contributed by atoms with E-state index < -0.39 is 14.8 Å². The molecule has 1 aromatic carbocycles. The Morgan fingerprint density at radius 2 is 1.95 bits per heavy atom. The van der Waals surface area contributed by atoms with Crippen molar-refractivity contribution in [1.29, 1.82) is 5.26 Å². The zero-order valence-corrected chi connectivity index (χ0v) is 21.6. The molecule has 12 heteroatoms. The van der Waals surface area contributed by atoms with Gasteiger partial charge in [-0.2, -0.15) is 10.4 Å². The number of carbonyl (C=O) groups excluding carboxylic acids is 2. The summed E-state index contributed by atoms with van der Waals surface area (Å²) in [5, 5.41) is 19.3. The van der Waals surface area contributed by atoms with Crippen molar-refractivity contribution in [3.8, 4) is 6.07 Å². The van der Waals surface area contributed by atoms with Crippen LogP contribution in [0.4, 0.5) is 0 Å².